The van der Waals surface area contributed by atoms with Crippen LogP contribution >= 0.6 is 0 Å². The molecule has 1 fully saturated rings. The van der Waals surface area contributed by atoms with E-state index >= 15 is 0 Å². The van der Waals surface area contributed by atoms with Crippen LogP contribution in [0.4, 0.5) is 0 Å². The Morgan fingerprint density at radius 2 is 1.77 bits per heavy atom. The monoisotopic (exact) mass is 185 g/mol. The van der Waals surface area contributed by atoms with Gasteiger partial charge in [0, 0.05) is 7.05 Å². The molecule has 1 saturated carbocycles. The highest BCUT2D eigenvalue weighted by molar-refractivity contribution is 6.01. The molecule has 1 aliphatic carbocycles. The second-order valence-electron chi connectivity index (χ2n) is 3.53. The van der Waals surface area contributed by atoms with Gasteiger partial charge in [0.2, 0.25) is 5.91 Å². The van der Waals surface area contributed by atoms with Gasteiger partial charge in [-0.3, -0.25) is 9.59 Å². The van der Waals surface area contributed by atoms with Crippen molar-refractivity contribution in [2.45, 2.75) is 32.1 Å². The molecule has 0 atom stereocenters. The third-order valence-corrected chi connectivity index (χ3v) is 2.78. The second kappa shape index (κ2) is 3.77. The van der Waals surface area contributed by atoms with Crippen LogP contribution in [-0.2, 0) is 9.59 Å². The Morgan fingerprint density at radius 3 is 2.15 bits per heavy atom. The van der Waals surface area contributed by atoms with Gasteiger partial charge in [-0.05, 0) is 12.8 Å². The molecular weight excluding hydrogens is 170 g/mol. The average Bonchev–Trinajstić information content (AvgIpc) is 2.17. The molecule has 0 unspecified atom stereocenters. The van der Waals surface area contributed by atoms with E-state index in [2.05, 4.69) is 5.32 Å². The first kappa shape index (κ1) is 10.0. The number of amides is 1. The molecule has 0 saturated heterocycles. The second-order valence-corrected chi connectivity index (χ2v) is 3.53. The van der Waals surface area contributed by atoms with Crippen LogP contribution in [0.3, 0.4) is 0 Å². The topological polar surface area (TPSA) is 66.4 Å². The zero-order valence-corrected chi connectivity index (χ0v) is 7.80. The highest BCUT2D eigenvalue weighted by Gasteiger charge is 2.45. The Hall–Kier alpha value is -1.06. The molecule has 0 radical (unpaired) electrons. The van der Waals surface area contributed by atoms with E-state index in [0.29, 0.717) is 12.8 Å². The third-order valence-electron chi connectivity index (χ3n) is 2.78. The van der Waals surface area contributed by atoms with Crippen LogP contribution in [0.15, 0.2) is 0 Å². The van der Waals surface area contributed by atoms with Gasteiger partial charge >= 0.3 is 5.97 Å². The van der Waals surface area contributed by atoms with Crippen molar-refractivity contribution >= 4 is 11.9 Å². The maximum atomic E-state index is 11.4. The van der Waals surface area contributed by atoms with E-state index in [-0.39, 0.29) is 5.91 Å². The number of carbonyl (C=O) groups excluding carboxylic acids is 1. The van der Waals surface area contributed by atoms with Crippen LogP contribution in [-0.4, -0.2) is 24.0 Å². The number of hydrogen-bond donors (Lipinski definition) is 2. The zero-order valence-electron chi connectivity index (χ0n) is 7.80. The van der Waals surface area contributed by atoms with Gasteiger partial charge < -0.3 is 10.4 Å². The van der Waals surface area contributed by atoms with Crippen LogP contribution in [0.5, 0.6) is 0 Å². The fraction of sp³-hybridized carbons (Fsp3) is 0.778. The predicted molar refractivity (Wildman–Crippen MR) is 47.2 cm³/mol. The van der Waals surface area contributed by atoms with Gasteiger partial charge in [-0.2, -0.15) is 0 Å². The molecule has 1 aliphatic rings. The lowest BCUT2D eigenvalue weighted by Gasteiger charge is -2.30. The van der Waals surface area contributed by atoms with E-state index in [9.17, 15) is 9.59 Å². The van der Waals surface area contributed by atoms with Crippen molar-refractivity contribution < 1.29 is 14.7 Å². The minimum Gasteiger partial charge on any atom is -0.480 e. The lowest BCUT2D eigenvalue weighted by Crippen LogP contribution is -2.46. The summed E-state index contributed by atoms with van der Waals surface area (Å²) in [6, 6.07) is 0. The lowest BCUT2D eigenvalue weighted by molar-refractivity contribution is -0.158. The van der Waals surface area contributed by atoms with E-state index in [1.165, 1.54) is 7.05 Å². The van der Waals surface area contributed by atoms with E-state index in [1.54, 1.807) is 0 Å². The van der Waals surface area contributed by atoms with E-state index in [0.717, 1.165) is 19.3 Å². The largest absolute Gasteiger partial charge is 0.480 e. The summed E-state index contributed by atoms with van der Waals surface area (Å²) in [6.45, 7) is 0. The van der Waals surface area contributed by atoms with Gasteiger partial charge in [-0.15, -0.1) is 0 Å². The molecule has 1 rings (SSSR count). The maximum absolute atomic E-state index is 11.4. The molecule has 0 spiro atoms. The van der Waals surface area contributed by atoms with Gasteiger partial charge in [0.1, 0.15) is 5.41 Å². The normalized spacial score (nSPS) is 20.7. The minimum absolute atomic E-state index is 0.347. The van der Waals surface area contributed by atoms with Crippen molar-refractivity contribution in [1.29, 1.82) is 0 Å². The SMILES string of the molecule is CNC(=O)C1(C(=O)O)CCCCC1. The number of aliphatic carboxylic acids is 1. The molecule has 74 valence electrons. The molecular formula is C9H15NO3. The molecule has 2 N–H and O–H groups in total. The first-order valence-corrected chi connectivity index (χ1v) is 4.59. The number of nitrogens with one attached hydrogen (secondary N) is 1. The van der Waals surface area contributed by atoms with Gasteiger partial charge in [0.05, 0.1) is 0 Å². The third kappa shape index (κ3) is 1.66. The molecule has 1 amide bonds. The van der Waals surface area contributed by atoms with Crippen molar-refractivity contribution in [3.05, 3.63) is 0 Å². The molecule has 4 heteroatoms. The molecule has 0 heterocycles. The van der Waals surface area contributed by atoms with Crippen LogP contribution in [0.1, 0.15) is 32.1 Å². The summed E-state index contributed by atoms with van der Waals surface area (Å²) >= 11 is 0. The molecule has 0 bridgehead atoms. The highest BCUT2D eigenvalue weighted by atomic mass is 16.4. The van der Waals surface area contributed by atoms with Crippen molar-refractivity contribution in [3.8, 4) is 0 Å². The molecule has 13 heavy (non-hydrogen) atoms. The number of carboxylic acid groups (broad SMARTS) is 1. The predicted octanol–water partition coefficient (Wildman–Crippen LogP) is 0.767. The summed E-state index contributed by atoms with van der Waals surface area (Å²) in [5, 5.41) is 11.5. The number of hydrogen-bond acceptors (Lipinski definition) is 2. The molecule has 4 nitrogen and oxygen atoms in total. The van der Waals surface area contributed by atoms with Crippen LogP contribution in [0.2, 0.25) is 0 Å². The number of carboxylic acids is 1. The van der Waals surface area contributed by atoms with Gasteiger partial charge in [0.25, 0.3) is 0 Å². The van der Waals surface area contributed by atoms with Crippen LogP contribution in [0, 0.1) is 5.41 Å². The Labute approximate surface area is 77.3 Å². The summed E-state index contributed by atoms with van der Waals surface area (Å²) in [5.74, 6) is -1.33. The first-order valence-electron chi connectivity index (χ1n) is 4.59. The summed E-state index contributed by atoms with van der Waals surface area (Å²) in [7, 11) is 1.49. The Morgan fingerprint density at radius 1 is 1.23 bits per heavy atom. The summed E-state index contributed by atoms with van der Waals surface area (Å²) in [4.78, 5) is 22.5. The van der Waals surface area contributed by atoms with Gasteiger partial charge in [-0.1, -0.05) is 19.3 Å². The summed E-state index contributed by atoms with van der Waals surface area (Å²) in [5.41, 5.74) is -1.15. The Bertz CT molecular complexity index is 219. The standard InChI is InChI=1S/C9H15NO3/c1-10-7(11)9(8(12)13)5-3-2-4-6-9/h2-6H2,1H3,(H,10,11)(H,12,13). The van der Waals surface area contributed by atoms with E-state index in [1.807, 2.05) is 0 Å². The molecule has 0 aromatic heterocycles. The lowest BCUT2D eigenvalue weighted by atomic mass is 9.73. The van der Waals surface area contributed by atoms with Gasteiger partial charge in [0.15, 0.2) is 0 Å². The van der Waals surface area contributed by atoms with Crippen molar-refractivity contribution in [3.63, 3.8) is 0 Å². The highest BCUT2D eigenvalue weighted by Crippen LogP contribution is 2.36. The molecule has 0 aliphatic heterocycles. The van der Waals surface area contributed by atoms with Crippen LogP contribution in [0.25, 0.3) is 0 Å². The molecule has 0 aromatic carbocycles. The fourth-order valence-electron chi connectivity index (χ4n) is 1.93. The van der Waals surface area contributed by atoms with E-state index < -0.39 is 11.4 Å². The number of carbonyl (C=O) groups is 2. The maximum Gasteiger partial charge on any atom is 0.319 e. The van der Waals surface area contributed by atoms with Gasteiger partial charge in [-0.25, -0.2) is 0 Å². The Balaban J connectivity index is 2.85. The minimum atomic E-state index is -1.15. The quantitative estimate of drug-likeness (QED) is 0.624. The fourth-order valence-corrected chi connectivity index (χ4v) is 1.93. The van der Waals surface area contributed by atoms with Crippen molar-refractivity contribution in [2.24, 2.45) is 5.41 Å². The summed E-state index contributed by atoms with van der Waals surface area (Å²) < 4.78 is 0. The van der Waals surface area contributed by atoms with Crippen LogP contribution < -0.4 is 5.32 Å². The zero-order chi connectivity index (χ0) is 9.90. The average molecular weight is 185 g/mol. The molecule has 0 aromatic rings. The smallest absolute Gasteiger partial charge is 0.319 e. The summed E-state index contributed by atoms with van der Waals surface area (Å²) in [6.07, 6.45) is 3.65. The Kier molecular flexibility index (Phi) is 2.90. The first-order chi connectivity index (χ1) is 6.13. The number of rotatable bonds is 2. The van der Waals surface area contributed by atoms with Crippen molar-refractivity contribution in [1.82, 2.24) is 5.32 Å². The van der Waals surface area contributed by atoms with Crippen molar-refractivity contribution in [2.75, 3.05) is 7.05 Å². The van der Waals surface area contributed by atoms with E-state index in [4.69, 9.17) is 5.11 Å².